The van der Waals surface area contributed by atoms with Gasteiger partial charge in [0.1, 0.15) is 18.3 Å². The molecule has 0 spiro atoms. The fourth-order valence-electron chi connectivity index (χ4n) is 1.44. The van der Waals surface area contributed by atoms with Gasteiger partial charge in [-0.3, -0.25) is 0 Å². The van der Waals surface area contributed by atoms with E-state index in [-0.39, 0.29) is 59.1 Å². The Hall–Kier alpha value is 1.25. The van der Waals surface area contributed by atoms with Gasteiger partial charge in [0.2, 0.25) is 0 Å². The van der Waals surface area contributed by atoms with Crippen LogP contribution in [0.2, 0.25) is 0 Å². The van der Waals surface area contributed by atoms with Crippen LogP contribution in [0, 0.1) is 0 Å². The second-order valence-corrected chi connectivity index (χ2v) is 3.49. The molecule has 0 saturated carbocycles. The molecule has 1 saturated heterocycles. The second kappa shape index (κ2) is 10.1. The fourth-order valence-corrected chi connectivity index (χ4v) is 1.44. The Bertz CT molecular complexity index is 283. The van der Waals surface area contributed by atoms with Gasteiger partial charge in [-0.1, -0.05) is 0 Å². The van der Waals surface area contributed by atoms with Gasteiger partial charge in [-0.25, -0.2) is 0 Å². The molecule has 0 radical (unpaired) electrons. The molecule has 0 bridgehead atoms. The zero-order chi connectivity index (χ0) is 13.2. The minimum Gasteiger partial charge on any atom is -0.832 e. The quantitative estimate of drug-likeness (QED) is 0.361. The number of hydrogen-bond acceptors (Lipinski definition) is 9. The maximum Gasteiger partial charge on any atom is 1.00 e. The van der Waals surface area contributed by atoms with Gasteiger partial charge in [0.25, 0.3) is 0 Å². The Balaban J connectivity index is 0. The van der Waals surface area contributed by atoms with Crippen molar-refractivity contribution >= 4 is 13.3 Å². The van der Waals surface area contributed by atoms with E-state index in [1.165, 1.54) is 0 Å². The topological polar surface area (TPSA) is 163 Å². The summed E-state index contributed by atoms with van der Waals surface area (Å²) in [6.45, 7) is -0.672. The number of rotatable bonds is 5. The van der Waals surface area contributed by atoms with Gasteiger partial charge in [-0.05, 0) is 0 Å². The molecule has 1 rings (SSSR count). The van der Waals surface area contributed by atoms with Crippen molar-refractivity contribution in [3.05, 3.63) is 0 Å². The molecule has 98 valence electrons. The molecule has 0 aliphatic carbocycles. The molecule has 9 nitrogen and oxygen atoms in total. The first kappa shape index (κ1) is 22.5. The van der Waals surface area contributed by atoms with Crippen LogP contribution in [0.15, 0.2) is 0 Å². The minimum absolute atomic E-state index is 0. The van der Waals surface area contributed by atoms with Crippen molar-refractivity contribution in [2.24, 2.45) is 0 Å². The Labute approximate surface area is 153 Å². The number of carboxylic acids is 1. The van der Waals surface area contributed by atoms with E-state index in [1.807, 2.05) is 0 Å². The van der Waals surface area contributed by atoms with Crippen LogP contribution in [-0.4, -0.2) is 70.8 Å². The molecule has 12 heteroatoms. The normalized spacial score (nSPS) is 26.9. The van der Waals surface area contributed by atoms with Gasteiger partial charge in [0.05, 0.1) is 24.8 Å². The van der Waals surface area contributed by atoms with Crippen LogP contribution in [-0.2, 0) is 14.1 Å². The third-order valence-corrected chi connectivity index (χ3v) is 2.35. The molecule has 5 unspecified atom stereocenters. The third kappa shape index (κ3) is 5.87. The number of aliphatic hydroxyl groups excluding tert-OH is 4. The maximum atomic E-state index is 10.8. The van der Waals surface area contributed by atoms with Crippen molar-refractivity contribution in [3.63, 3.8) is 0 Å². The summed E-state index contributed by atoms with van der Waals surface area (Å²) in [5.74, 6) is -1.99. The van der Waals surface area contributed by atoms with E-state index in [0.717, 1.165) is 0 Å². The summed E-state index contributed by atoms with van der Waals surface area (Å²) < 4.78 is 9.00. The molecular weight excluding hydrogens is 285 g/mol. The minimum atomic E-state index is -2.35. The average molecular weight is 296 g/mol. The van der Waals surface area contributed by atoms with Gasteiger partial charge < -0.3 is 44.7 Å². The smallest absolute Gasteiger partial charge is 0.832 e. The van der Waals surface area contributed by atoms with Crippen molar-refractivity contribution in [3.8, 4) is 0 Å². The molecule has 1 aliphatic heterocycles. The summed E-state index contributed by atoms with van der Waals surface area (Å²) in [7, 11) is -1.96. The molecule has 1 aliphatic rings. The molecule has 5 atom stereocenters. The van der Waals surface area contributed by atoms with Crippen LogP contribution < -0.4 is 69.2 Å². The molecular formula is C7H11BNa2O9. The van der Waals surface area contributed by atoms with Crippen LogP contribution in [0.3, 0.4) is 0 Å². The van der Waals surface area contributed by atoms with Gasteiger partial charge >= 0.3 is 66.4 Å². The SMILES string of the molecule is O=C([O-])C(O)C(O)C(O)C1OB([O-])OC1CO.[Na+].[Na+]. The van der Waals surface area contributed by atoms with Crippen LogP contribution in [0.1, 0.15) is 0 Å². The Morgan fingerprint density at radius 1 is 1.26 bits per heavy atom. The predicted molar refractivity (Wildman–Crippen MR) is 45.6 cm³/mol. The van der Waals surface area contributed by atoms with Crippen LogP contribution in [0.5, 0.6) is 0 Å². The maximum absolute atomic E-state index is 10.8. The molecule has 0 amide bonds. The van der Waals surface area contributed by atoms with Gasteiger partial charge in [-0.2, -0.15) is 0 Å². The van der Waals surface area contributed by atoms with Crippen molar-refractivity contribution < 1.29 is 104 Å². The van der Waals surface area contributed by atoms with E-state index in [0.29, 0.717) is 0 Å². The van der Waals surface area contributed by atoms with E-state index < -0.39 is 50.4 Å². The number of aliphatic hydroxyl groups is 4. The second-order valence-electron chi connectivity index (χ2n) is 3.49. The van der Waals surface area contributed by atoms with E-state index in [1.54, 1.807) is 0 Å². The summed E-state index contributed by atoms with van der Waals surface area (Å²) in [6, 6.07) is 0. The van der Waals surface area contributed by atoms with E-state index in [9.17, 15) is 25.1 Å². The number of carbonyl (C=O) groups is 1. The largest absolute Gasteiger partial charge is 1.00 e. The molecule has 0 aromatic heterocycles. The molecule has 4 N–H and O–H groups in total. The van der Waals surface area contributed by atoms with E-state index >= 15 is 0 Å². The van der Waals surface area contributed by atoms with Crippen molar-refractivity contribution in [2.75, 3.05) is 6.61 Å². The monoisotopic (exact) mass is 296 g/mol. The van der Waals surface area contributed by atoms with Crippen LogP contribution in [0.4, 0.5) is 0 Å². The number of hydrogen-bond donors (Lipinski definition) is 4. The van der Waals surface area contributed by atoms with Gasteiger partial charge in [0.15, 0.2) is 0 Å². The number of carbonyl (C=O) groups excluding carboxylic acids is 1. The molecule has 0 aromatic carbocycles. The molecule has 1 fully saturated rings. The summed E-state index contributed by atoms with van der Waals surface area (Å²) in [4.78, 5) is 10.3. The number of carboxylic acid groups (broad SMARTS) is 1. The Morgan fingerprint density at radius 2 is 1.79 bits per heavy atom. The van der Waals surface area contributed by atoms with E-state index in [2.05, 4.69) is 9.31 Å². The van der Waals surface area contributed by atoms with Crippen LogP contribution >= 0.6 is 0 Å². The summed E-state index contributed by atoms with van der Waals surface area (Å²) in [5, 5.41) is 57.6. The zero-order valence-corrected chi connectivity index (χ0v) is 14.5. The van der Waals surface area contributed by atoms with E-state index in [4.69, 9.17) is 10.2 Å². The zero-order valence-electron chi connectivity index (χ0n) is 10.5. The predicted octanol–water partition coefficient (Wildman–Crippen LogP) is -12.1. The third-order valence-electron chi connectivity index (χ3n) is 2.35. The summed E-state index contributed by atoms with van der Waals surface area (Å²) in [6.07, 6.45) is -9.05. The first-order valence-electron chi connectivity index (χ1n) is 4.71. The molecule has 0 aromatic rings. The van der Waals surface area contributed by atoms with Crippen LogP contribution in [0.25, 0.3) is 0 Å². The standard InChI is InChI=1S/C7H12BO9.2Na/c9-1-2-6(17-8(15)16-2)4(11)3(10)5(12)7(13)14;;/h2-6,9-12H,1H2,(H,13,14);;/q-1;2*+1/p-1. The van der Waals surface area contributed by atoms with Crippen molar-refractivity contribution in [1.82, 2.24) is 0 Å². The van der Waals surface area contributed by atoms with Crippen molar-refractivity contribution in [1.29, 1.82) is 0 Å². The van der Waals surface area contributed by atoms with Gasteiger partial charge in [0, 0.05) is 0 Å². The molecule has 1 heterocycles. The summed E-state index contributed by atoms with van der Waals surface area (Å²) in [5.41, 5.74) is 0. The summed E-state index contributed by atoms with van der Waals surface area (Å²) >= 11 is 0. The fraction of sp³-hybridized carbons (Fsp3) is 0.857. The first-order chi connectivity index (χ1) is 7.88. The van der Waals surface area contributed by atoms with Crippen molar-refractivity contribution in [2.45, 2.75) is 30.5 Å². The van der Waals surface area contributed by atoms with Gasteiger partial charge in [-0.15, -0.1) is 0 Å². The number of aliphatic carboxylic acids is 1. The Kier molecular flexibility index (Phi) is 11.9. The average Bonchev–Trinajstić information content (AvgIpc) is 2.67. The first-order valence-corrected chi connectivity index (χ1v) is 4.71. The molecule has 19 heavy (non-hydrogen) atoms. The Morgan fingerprint density at radius 3 is 2.21 bits per heavy atom.